The van der Waals surface area contributed by atoms with E-state index in [1.54, 1.807) is 0 Å². The molecule has 2 heterocycles. The number of pyridine rings is 1. The summed E-state index contributed by atoms with van der Waals surface area (Å²) in [5.41, 5.74) is 0.920. The molecule has 0 bridgehead atoms. The van der Waals surface area contributed by atoms with Gasteiger partial charge in [-0.3, -0.25) is 4.79 Å². The van der Waals surface area contributed by atoms with Crippen molar-refractivity contribution in [1.29, 1.82) is 0 Å². The van der Waals surface area contributed by atoms with Crippen LogP contribution in [0.25, 0.3) is 0 Å². The van der Waals surface area contributed by atoms with Gasteiger partial charge in [0.25, 0.3) is 5.91 Å². The highest BCUT2D eigenvalue weighted by atomic mass is 127. The maximum absolute atomic E-state index is 11.9. The number of halogens is 1. The summed E-state index contributed by atoms with van der Waals surface area (Å²) in [7, 11) is 0. The van der Waals surface area contributed by atoms with E-state index >= 15 is 0 Å². The Labute approximate surface area is 114 Å². The van der Waals surface area contributed by atoms with Gasteiger partial charge in [-0.05, 0) is 54.0 Å². The van der Waals surface area contributed by atoms with E-state index in [4.69, 9.17) is 4.74 Å². The number of carbonyl (C=O) groups is 1. The van der Waals surface area contributed by atoms with Gasteiger partial charge in [0.15, 0.2) is 0 Å². The first-order valence-corrected chi connectivity index (χ1v) is 6.71. The van der Waals surface area contributed by atoms with Crippen molar-refractivity contribution in [2.24, 2.45) is 5.92 Å². The quantitative estimate of drug-likeness (QED) is 0.837. The summed E-state index contributed by atoms with van der Waals surface area (Å²) in [6.45, 7) is 4.62. The van der Waals surface area contributed by atoms with Crippen LogP contribution >= 0.6 is 22.6 Å². The van der Waals surface area contributed by atoms with E-state index in [9.17, 15) is 4.79 Å². The van der Waals surface area contributed by atoms with E-state index in [0.717, 1.165) is 15.7 Å². The standard InChI is InChI=1S/C12H15IN2O2/c1-7-5-6-17-11(7)12(16)15-10-4-3-9(13)8(2)14-10/h3-4,7,11H,5-6H2,1-2H3,(H,14,15,16)/t7-,11+/m1/s1. The average molecular weight is 346 g/mol. The molecule has 0 aliphatic carbocycles. The lowest BCUT2D eigenvalue weighted by molar-refractivity contribution is -0.126. The molecule has 5 heteroatoms. The molecule has 1 saturated heterocycles. The summed E-state index contributed by atoms with van der Waals surface area (Å²) < 4.78 is 6.50. The lowest BCUT2D eigenvalue weighted by Crippen LogP contribution is -2.31. The lowest BCUT2D eigenvalue weighted by Gasteiger charge is -2.14. The van der Waals surface area contributed by atoms with Gasteiger partial charge in [-0.1, -0.05) is 6.92 Å². The SMILES string of the molecule is Cc1nc(NC(=O)[C@H]2OCC[C@H]2C)ccc1I. The minimum Gasteiger partial charge on any atom is -0.368 e. The third-order valence-corrected chi connectivity index (χ3v) is 4.06. The second-order valence-corrected chi connectivity index (χ2v) is 5.47. The molecule has 0 unspecified atom stereocenters. The maximum atomic E-state index is 11.9. The molecule has 1 aromatic rings. The van der Waals surface area contributed by atoms with Crippen LogP contribution < -0.4 is 5.32 Å². The van der Waals surface area contributed by atoms with Gasteiger partial charge >= 0.3 is 0 Å². The number of rotatable bonds is 2. The minimum atomic E-state index is -0.337. The third kappa shape index (κ3) is 2.95. The van der Waals surface area contributed by atoms with E-state index in [-0.39, 0.29) is 17.9 Å². The Bertz CT molecular complexity index is 437. The summed E-state index contributed by atoms with van der Waals surface area (Å²) in [5.74, 6) is 0.777. The van der Waals surface area contributed by atoms with Crippen molar-refractivity contribution in [3.63, 3.8) is 0 Å². The molecular formula is C12H15IN2O2. The molecule has 0 aromatic carbocycles. The lowest BCUT2D eigenvalue weighted by atomic mass is 10.0. The Morgan fingerprint density at radius 3 is 2.94 bits per heavy atom. The van der Waals surface area contributed by atoms with Crippen molar-refractivity contribution in [2.45, 2.75) is 26.4 Å². The van der Waals surface area contributed by atoms with E-state index < -0.39 is 0 Å². The van der Waals surface area contributed by atoms with Crippen molar-refractivity contribution in [1.82, 2.24) is 4.98 Å². The number of nitrogens with one attached hydrogen (secondary N) is 1. The van der Waals surface area contributed by atoms with E-state index in [1.807, 2.05) is 26.0 Å². The van der Waals surface area contributed by atoms with Gasteiger partial charge in [-0.15, -0.1) is 0 Å². The molecule has 1 amide bonds. The Hall–Kier alpha value is -0.690. The highest BCUT2D eigenvalue weighted by Gasteiger charge is 2.30. The topological polar surface area (TPSA) is 51.2 Å². The van der Waals surface area contributed by atoms with E-state index in [2.05, 4.69) is 32.9 Å². The monoisotopic (exact) mass is 346 g/mol. The molecule has 1 aliphatic rings. The number of aromatic nitrogens is 1. The van der Waals surface area contributed by atoms with Crippen LogP contribution in [0.15, 0.2) is 12.1 Å². The van der Waals surface area contributed by atoms with Gasteiger partial charge < -0.3 is 10.1 Å². The highest BCUT2D eigenvalue weighted by Crippen LogP contribution is 2.21. The number of nitrogens with zero attached hydrogens (tertiary/aromatic N) is 1. The first-order chi connectivity index (χ1) is 8.08. The summed E-state index contributed by atoms with van der Waals surface area (Å²) in [5, 5.41) is 2.80. The van der Waals surface area contributed by atoms with Crippen LogP contribution in [0.4, 0.5) is 5.82 Å². The Kier molecular flexibility index (Phi) is 3.98. The number of carbonyl (C=O) groups excluding carboxylic acids is 1. The average Bonchev–Trinajstić information content (AvgIpc) is 2.70. The number of hydrogen-bond acceptors (Lipinski definition) is 3. The van der Waals surface area contributed by atoms with Crippen molar-refractivity contribution in [2.75, 3.05) is 11.9 Å². The molecule has 0 spiro atoms. The van der Waals surface area contributed by atoms with Crippen molar-refractivity contribution in [3.8, 4) is 0 Å². The first kappa shape index (κ1) is 12.8. The molecular weight excluding hydrogens is 331 g/mol. The number of ether oxygens (including phenoxy) is 1. The van der Waals surface area contributed by atoms with Gasteiger partial charge in [0.1, 0.15) is 11.9 Å². The van der Waals surface area contributed by atoms with Crippen LogP contribution in [-0.2, 0) is 9.53 Å². The number of amides is 1. The number of anilines is 1. The van der Waals surface area contributed by atoms with Crippen LogP contribution in [0.1, 0.15) is 19.0 Å². The normalized spacial score (nSPS) is 23.7. The zero-order valence-electron chi connectivity index (χ0n) is 9.87. The molecule has 2 atom stereocenters. The number of aryl methyl sites for hydroxylation is 1. The Morgan fingerprint density at radius 1 is 1.59 bits per heavy atom. The van der Waals surface area contributed by atoms with Crippen molar-refractivity contribution in [3.05, 3.63) is 21.4 Å². The molecule has 1 aromatic heterocycles. The van der Waals surface area contributed by atoms with Crippen LogP contribution in [0.3, 0.4) is 0 Å². The molecule has 1 N–H and O–H groups in total. The van der Waals surface area contributed by atoms with Crippen LogP contribution in [0.2, 0.25) is 0 Å². The molecule has 92 valence electrons. The van der Waals surface area contributed by atoms with Gasteiger partial charge in [0.2, 0.25) is 0 Å². The zero-order chi connectivity index (χ0) is 12.4. The van der Waals surface area contributed by atoms with Crippen molar-refractivity contribution >= 4 is 34.3 Å². The van der Waals surface area contributed by atoms with Crippen LogP contribution in [-0.4, -0.2) is 23.6 Å². The first-order valence-electron chi connectivity index (χ1n) is 5.63. The maximum Gasteiger partial charge on any atom is 0.254 e. The van der Waals surface area contributed by atoms with Crippen molar-refractivity contribution < 1.29 is 9.53 Å². The fourth-order valence-electron chi connectivity index (χ4n) is 1.84. The van der Waals surface area contributed by atoms with Gasteiger partial charge in [0, 0.05) is 10.2 Å². The summed E-state index contributed by atoms with van der Waals surface area (Å²) in [4.78, 5) is 16.3. The van der Waals surface area contributed by atoms with Crippen LogP contribution in [0.5, 0.6) is 0 Å². The second-order valence-electron chi connectivity index (χ2n) is 4.31. The number of hydrogen-bond donors (Lipinski definition) is 1. The largest absolute Gasteiger partial charge is 0.368 e. The molecule has 1 fully saturated rings. The smallest absolute Gasteiger partial charge is 0.254 e. The molecule has 2 rings (SSSR count). The molecule has 1 aliphatic heterocycles. The van der Waals surface area contributed by atoms with E-state index in [0.29, 0.717) is 12.4 Å². The Balaban J connectivity index is 2.05. The zero-order valence-corrected chi connectivity index (χ0v) is 12.0. The fourth-order valence-corrected chi connectivity index (χ4v) is 2.14. The Morgan fingerprint density at radius 2 is 2.35 bits per heavy atom. The predicted molar refractivity (Wildman–Crippen MR) is 73.8 cm³/mol. The fraction of sp³-hybridized carbons (Fsp3) is 0.500. The van der Waals surface area contributed by atoms with Gasteiger partial charge in [-0.2, -0.15) is 0 Å². The molecule has 0 saturated carbocycles. The predicted octanol–water partition coefficient (Wildman–Crippen LogP) is 2.36. The summed E-state index contributed by atoms with van der Waals surface area (Å²) in [6.07, 6.45) is 0.605. The third-order valence-electron chi connectivity index (χ3n) is 2.92. The summed E-state index contributed by atoms with van der Waals surface area (Å²) >= 11 is 2.22. The van der Waals surface area contributed by atoms with E-state index in [1.165, 1.54) is 0 Å². The van der Waals surface area contributed by atoms with Gasteiger partial charge in [-0.25, -0.2) is 4.98 Å². The van der Waals surface area contributed by atoms with Crippen LogP contribution in [0, 0.1) is 16.4 Å². The molecule has 0 radical (unpaired) electrons. The second kappa shape index (κ2) is 5.30. The minimum absolute atomic E-state index is 0.0943. The molecule has 17 heavy (non-hydrogen) atoms. The highest BCUT2D eigenvalue weighted by molar-refractivity contribution is 14.1. The summed E-state index contributed by atoms with van der Waals surface area (Å²) in [6, 6.07) is 3.75. The molecule has 4 nitrogen and oxygen atoms in total. The van der Waals surface area contributed by atoms with Gasteiger partial charge in [0.05, 0.1) is 5.69 Å².